The highest BCUT2D eigenvalue weighted by atomic mass is 19.1. The van der Waals surface area contributed by atoms with Crippen LogP contribution in [0.3, 0.4) is 0 Å². The molecule has 2 rings (SSSR count). The first-order valence-corrected chi connectivity index (χ1v) is 5.95. The van der Waals surface area contributed by atoms with E-state index in [9.17, 15) is 9.18 Å². The molecule has 0 bridgehead atoms. The number of rotatable bonds is 5. The number of anilines is 1. The van der Waals surface area contributed by atoms with E-state index < -0.39 is 0 Å². The summed E-state index contributed by atoms with van der Waals surface area (Å²) in [6, 6.07) is 7.74. The van der Waals surface area contributed by atoms with E-state index in [-0.39, 0.29) is 17.9 Å². The minimum atomic E-state index is -0.346. The third kappa shape index (κ3) is 3.38. The van der Waals surface area contributed by atoms with Crippen LogP contribution in [0.15, 0.2) is 41.3 Å². The van der Waals surface area contributed by atoms with E-state index in [0.29, 0.717) is 24.3 Å². The van der Waals surface area contributed by atoms with Crippen molar-refractivity contribution in [3.8, 4) is 0 Å². The molecule has 0 spiro atoms. The molecule has 0 amide bonds. The lowest BCUT2D eigenvalue weighted by Gasteiger charge is -2.08. The van der Waals surface area contributed by atoms with Gasteiger partial charge < -0.3 is 11.1 Å². The molecule has 100 valence electrons. The van der Waals surface area contributed by atoms with Crippen molar-refractivity contribution in [2.75, 3.05) is 18.4 Å². The molecule has 0 saturated heterocycles. The molecule has 0 aliphatic rings. The standard InChI is InChI=1S/C13H15FN4O/c14-12-4-2-1-3-10(12)9-18-13(19)7-11(8-17-18)16-6-5-15/h1-4,7-8,16H,5-6,9,15H2. The number of nitrogens with zero attached hydrogens (tertiary/aromatic N) is 2. The fraction of sp³-hybridized carbons (Fsp3) is 0.231. The maximum Gasteiger partial charge on any atom is 0.269 e. The average Bonchev–Trinajstić information content (AvgIpc) is 2.41. The van der Waals surface area contributed by atoms with Gasteiger partial charge in [-0.25, -0.2) is 9.07 Å². The van der Waals surface area contributed by atoms with Gasteiger partial charge in [-0.2, -0.15) is 5.10 Å². The van der Waals surface area contributed by atoms with Crippen LogP contribution in [-0.4, -0.2) is 22.9 Å². The van der Waals surface area contributed by atoms with Crippen LogP contribution in [-0.2, 0) is 6.54 Å². The van der Waals surface area contributed by atoms with Crippen LogP contribution in [0.25, 0.3) is 0 Å². The van der Waals surface area contributed by atoms with Gasteiger partial charge in [-0.1, -0.05) is 18.2 Å². The largest absolute Gasteiger partial charge is 0.382 e. The van der Waals surface area contributed by atoms with Crippen molar-refractivity contribution in [2.24, 2.45) is 5.73 Å². The third-order valence-electron chi connectivity index (χ3n) is 2.62. The zero-order chi connectivity index (χ0) is 13.7. The van der Waals surface area contributed by atoms with Gasteiger partial charge in [0.15, 0.2) is 0 Å². The maximum atomic E-state index is 13.5. The summed E-state index contributed by atoms with van der Waals surface area (Å²) in [6.45, 7) is 1.15. The first kappa shape index (κ1) is 13.2. The van der Waals surface area contributed by atoms with Crippen molar-refractivity contribution in [3.05, 3.63) is 58.3 Å². The van der Waals surface area contributed by atoms with Crippen molar-refractivity contribution >= 4 is 5.69 Å². The van der Waals surface area contributed by atoms with Gasteiger partial charge in [0, 0.05) is 24.7 Å². The molecule has 6 heteroatoms. The molecule has 0 aliphatic carbocycles. The van der Waals surface area contributed by atoms with Crippen molar-refractivity contribution < 1.29 is 4.39 Å². The molecule has 0 fully saturated rings. The summed E-state index contributed by atoms with van der Waals surface area (Å²) in [5.41, 5.74) is 6.11. The Bertz CT molecular complexity index is 612. The van der Waals surface area contributed by atoms with E-state index in [2.05, 4.69) is 10.4 Å². The molecule has 0 aliphatic heterocycles. The summed E-state index contributed by atoms with van der Waals surface area (Å²) in [5, 5.41) is 6.96. The zero-order valence-corrected chi connectivity index (χ0v) is 10.3. The van der Waals surface area contributed by atoms with E-state index in [0.717, 1.165) is 0 Å². The SMILES string of the molecule is NCCNc1cnn(Cc2ccccc2F)c(=O)c1. The van der Waals surface area contributed by atoms with Gasteiger partial charge in [-0.15, -0.1) is 0 Å². The van der Waals surface area contributed by atoms with Crippen LogP contribution in [0.4, 0.5) is 10.1 Å². The van der Waals surface area contributed by atoms with Crippen molar-refractivity contribution in [1.82, 2.24) is 9.78 Å². The number of halogens is 1. The van der Waals surface area contributed by atoms with Crippen LogP contribution in [0, 0.1) is 5.82 Å². The average molecular weight is 262 g/mol. The highest BCUT2D eigenvalue weighted by Gasteiger charge is 2.04. The Kier molecular flexibility index (Phi) is 4.25. The number of nitrogens with two attached hydrogens (primary N) is 1. The Balaban J connectivity index is 2.18. The molecule has 0 unspecified atom stereocenters. The first-order valence-electron chi connectivity index (χ1n) is 5.95. The summed E-state index contributed by atoms with van der Waals surface area (Å²) in [5.74, 6) is -0.346. The molecule has 0 atom stereocenters. The highest BCUT2D eigenvalue weighted by molar-refractivity contribution is 5.38. The van der Waals surface area contributed by atoms with Crippen LogP contribution < -0.4 is 16.6 Å². The second-order valence-corrected chi connectivity index (χ2v) is 4.05. The highest BCUT2D eigenvalue weighted by Crippen LogP contribution is 2.07. The van der Waals surface area contributed by atoms with Crippen LogP contribution >= 0.6 is 0 Å². The molecule has 19 heavy (non-hydrogen) atoms. The predicted molar refractivity (Wildman–Crippen MR) is 71.5 cm³/mol. The molecule has 1 aromatic carbocycles. The van der Waals surface area contributed by atoms with Gasteiger partial charge >= 0.3 is 0 Å². The maximum absolute atomic E-state index is 13.5. The second kappa shape index (κ2) is 6.10. The fourth-order valence-corrected chi connectivity index (χ4v) is 1.65. The van der Waals surface area contributed by atoms with E-state index >= 15 is 0 Å². The summed E-state index contributed by atoms with van der Waals surface area (Å²) >= 11 is 0. The number of benzene rings is 1. The number of nitrogens with one attached hydrogen (secondary N) is 1. The molecule has 5 nitrogen and oxygen atoms in total. The first-order chi connectivity index (χ1) is 9.20. The smallest absolute Gasteiger partial charge is 0.269 e. The quantitative estimate of drug-likeness (QED) is 0.836. The van der Waals surface area contributed by atoms with Gasteiger partial charge in [0.1, 0.15) is 5.82 Å². The van der Waals surface area contributed by atoms with Crippen molar-refractivity contribution in [2.45, 2.75) is 6.54 Å². The monoisotopic (exact) mass is 262 g/mol. The minimum Gasteiger partial charge on any atom is -0.382 e. The summed E-state index contributed by atoms with van der Waals surface area (Å²) in [7, 11) is 0. The van der Waals surface area contributed by atoms with Gasteiger partial charge in [0.05, 0.1) is 18.4 Å². The Morgan fingerprint density at radius 3 is 2.84 bits per heavy atom. The topological polar surface area (TPSA) is 72.9 Å². The summed E-state index contributed by atoms with van der Waals surface area (Å²) in [6.07, 6.45) is 1.53. The Morgan fingerprint density at radius 1 is 1.37 bits per heavy atom. The second-order valence-electron chi connectivity index (χ2n) is 4.05. The lowest BCUT2D eigenvalue weighted by atomic mass is 10.2. The third-order valence-corrected chi connectivity index (χ3v) is 2.62. The molecule has 0 radical (unpaired) electrons. The predicted octanol–water partition coefficient (Wildman–Crippen LogP) is 0.801. The number of hydrogen-bond donors (Lipinski definition) is 2. The molecule has 0 saturated carbocycles. The van der Waals surface area contributed by atoms with Crippen LogP contribution in [0.2, 0.25) is 0 Å². The summed E-state index contributed by atoms with van der Waals surface area (Å²) < 4.78 is 14.7. The van der Waals surface area contributed by atoms with Gasteiger partial charge in [0.25, 0.3) is 5.56 Å². The fourth-order valence-electron chi connectivity index (χ4n) is 1.65. The Hall–Kier alpha value is -2.21. The molecule has 2 aromatic rings. The number of aromatic nitrogens is 2. The summed E-state index contributed by atoms with van der Waals surface area (Å²) in [4.78, 5) is 11.8. The molecule has 3 N–H and O–H groups in total. The van der Waals surface area contributed by atoms with E-state index in [4.69, 9.17) is 5.73 Å². The van der Waals surface area contributed by atoms with E-state index in [1.807, 2.05) is 0 Å². The molecular weight excluding hydrogens is 247 g/mol. The molecule has 1 aromatic heterocycles. The van der Waals surface area contributed by atoms with Crippen LogP contribution in [0.5, 0.6) is 0 Å². The van der Waals surface area contributed by atoms with E-state index in [1.165, 1.54) is 23.0 Å². The Labute approximate surface area is 109 Å². The van der Waals surface area contributed by atoms with E-state index in [1.54, 1.807) is 18.2 Å². The Morgan fingerprint density at radius 2 is 2.16 bits per heavy atom. The normalized spacial score (nSPS) is 10.4. The molecule has 1 heterocycles. The zero-order valence-electron chi connectivity index (χ0n) is 10.3. The number of hydrogen-bond acceptors (Lipinski definition) is 4. The van der Waals surface area contributed by atoms with Crippen molar-refractivity contribution in [1.29, 1.82) is 0 Å². The lowest BCUT2D eigenvalue weighted by Crippen LogP contribution is -2.24. The van der Waals surface area contributed by atoms with Crippen molar-refractivity contribution in [3.63, 3.8) is 0 Å². The lowest BCUT2D eigenvalue weighted by molar-refractivity contribution is 0.572. The van der Waals surface area contributed by atoms with Gasteiger partial charge in [0.2, 0.25) is 0 Å². The minimum absolute atomic E-state index is 0.114. The van der Waals surface area contributed by atoms with Gasteiger partial charge in [-0.3, -0.25) is 4.79 Å². The molecular formula is C13H15FN4O. The van der Waals surface area contributed by atoms with Gasteiger partial charge in [-0.05, 0) is 6.07 Å². The van der Waals surface area contributed by atoms with Crippen LogP contribution in [0.1, 0.15) is 5.56 Å².